The molecule has 3 atom stereocenters. The fraction of sp³-hybridized carbons (Fsp3) is 0.700. The van der Waals surface area contributed by atoms with E-state index in [1.165, 1.54) is 26.9 Å². The van der Waals surface area contributed by atoms with Crippen LogP contribution >= 0.6 is 0 Å². The third kappa shape index (κ3) is 8.72. The van der Waals surface area contributed by atoms with E-state index in [0.717, 1.165) is 25.9 Å². The van der Waals surface area contributed by atoms with Gasteiger partial charge in [-0.05, 0) is 81.5 Å². The molecule has 0 radical (unpaired) electrons. The molecule has 7 nitrogen and oxygen atoms in total. The number of aliphatic hydroxyl groups is 1. The fourth-order valence-electron chi connectivity index (χ4n) is 5.31. The molecule has 7 heteroatoms. The van der Waals surface area contributed by atoms with E-state index in [4.69, 9.17) is 4.74 Å². The lowest BCUT2D eigenvalue weighted by molar-refractivity contribution is -0.00562. The van der Waals surface area contributed by atoms with E-state index in [2.05, 4.69) is 55.2 Å². The van der Waals surface area contributed by atoms with Crippen molar-refractivity contribution in [1.82, 2.24) is 14.8 Å². The third-order valence-electron chi connectivity index (χ3n) is 7.36. The summed E-state index contributed by atoms with van der Waals surface area (Å²) in [5, 5.41) is 26.0. The van der Waals surface area contributed by atoms with Crippen molar-refractivity contribution in [1.29, 1.82) is 0 Å². The number of amides is 1. The second-order valence-electron chi connectivity index (χ2n) is 12.2. The van der Waals surface area contributed by atoms with Gasteiger partial charge in [0.1, 0.15) is 0 Å². The first kappa shape index (κ1) is 31.1. The van der Waals surface area contributed by atoms with Crippen molar-refractivity contribution in [3.8, 4) is 0 Å². The van der Waals surface area contributed by atoms with E-state index in [9.17, 15) is 15.0 Å². The summed E-state index contributed by atoms with van der Waals surface area (Å²) in [5.41, 5.74) is 3.17. The molecule has 0 fully saturated rings. The van der Waals surface area contributed by atoms with Crippen molar-refractivity contribution in [3.05, 3.63) is 35.5 Å². The van der Waals surface area contributed by atoms with E-state index in [-0.39, 0.29) is 12.0 Å². The molecule has 2 rings (SSSR count). The van der Waals surface area contributed by atoms with Crippen LogP contribution in [-0.4, -0.2) is 69.8 Å². The Labute approximate surface area is 224 Å². The Morgan fingerprint density at radius 1 is 1.19 bits per heavy atom. The molecule has 2 aromatic rings. The number of rotatable bonds is 14. The van der Waals surface area contributed by atoms with Crippen LogP contribution in [0.4, 0.5) is 4.79 Å². The van der Waals surface area contributed by atoms with Gasteiger partial charge in [-0.1, -0.05) is 33.8 Å². The van der Waals surface area contributed by atoms with Gasteiger partial charge in [0.2, 0.25) is 0 Å². The lowest BCUT2D eigenvalue weighted by atomic mass is 9.81. The Kier molecular flexibility index (Phi) is 11.5. The molecule has 0 saturated heterocycles. The number of nitrogens with zero attached hydrogens (tertiary/aromatic N) is 2. The maximum atomic E-state index is 12.4. The number of nitrogens with one attached hydrogen (secondary N) is 1. The summed E-state index contributed by atoms with van der Waals surface area (Å²) in [5.74, 6) is 0.539. The Bertz CT molecular complexity index is 993. The van der Waals surface area contributed by atoms with E-state index in [1.807, 2.05) is 34.6 Å². The minimum Gasteiger partial charge on any atom is -0.465 e. The van der Waals surface area contributed by atoms with Crippen LogP contribution in [0.1, 0.15) is 72.4 Å². The van der Waals surface area contributed by atoms with Crippen LogP contribution in [0.25, 0.3) is 10.9 Å². The zero-order valence-corrected chi connectivity index (χ0v) is 24.5. The SMILES string of the molecule is COCCCc1cn(C)c2ccc(CC(CC(C(O)CNC(C)C)N(C(=O)O)C(C)(C)C)C(C)C)cc12. The molecule has 1 aromatic heterocycles. The molecule has 210 valence electrons. The largest absolute Gasteiger partial charge is 0.465 e. The van der Waals surface area contributed by atoms with Crippen LogP contribution in [-0.2, 0) is 24.6 Å². The number of hydrogen-bond acceptors (Lipinski definition) is 4. The summed E-state index contributed by atoms with van der Waals surface area (Å²) in [6.45, 7) is 15.2. The van der Waals surface area contributed by atoms with Crippen molar-refractivity contribution in [2.45, 2.75) is 97.9 Å². The van der Waals surface area contributed by atoms with Gasteiger partial charge in [0.25, 0.3) is 0 Å². The highest BCUT2D eigenvalue weighted by molar-refractivity contribution is 5.84. The molecular weight excluding hydrogens is 466 g/mol. The number of aromatic nitrogens is 1. The van der Waals surface area contributed by atoms with Crippen LogP contribution in [0.15, 0.2) is 24.4 Å². The molecule has 1 heterocycles. The van der Waals surface area contributed by atoms with Crippen molar-refractivity contribution in [3.63, 3.8) is 0 Å². The van der Waals surface area contributed by atoms with Gasteiger partial charge in [-0.2, -0.15) is 0 Å². The normalized spacial score (nSPS) is 14.9. The molecule has 0 aliphatic heterocycles. The zero-order valence-electron chi connectivity index (χ0n) is 24.5. The molecule has 0 aliphatic rings. The van der Waals surface area contributed by atoms with Crippen molar-refractivity contribution in [2.75, 3.05) is 20.3 Å². The summed E-state index contributed by atoms with van der Waals surface area (Å²) < 4.78 is 7.44. The maximum Gasteiger partial charge on any atom is 0.408 e. The van der Waals surface area contributed by atoms with Gasteiger partial charge in [0, 0.05) is 56.0 Å². The van der Waals surface area contributed by atoms with Crippen molar-refractivity contribution in [2.24, 2.45) is 18.9 Å². The molecule has 1 amide bonds. The highest BCUT2D eigenvalue weighted by Gasteiger charge is 2.39. The number of aliphatic hydroxyl groups excluding tert-OH is 1. The Hall–Kier alpha value is -2.09. The van der Waals surface area contributed by atoms with Crippen LogP contribution in [0.5, 0.6) is 0 Å². The number of fused-ring (bicyclic) bond motifs is 1. The van der Waals surface area contributed by atoms with Crippen LogP contribution in [0.2, 0.25) is 0 Å². The molecular formula is C30H51N3O4. The number of benzene rings is 1. The number of aryl methyl sites for hydroxylation is 2. The molecule has 0 spiro atoms. The van der Waals surface area contributed by atoms with Gasteiger partial charge in [0.05, 0.1) is 12.1 Å². The second-order valence-corrected chi connectivity index (χ2v) is 12.2. The number of ether oxygens (including phenoxy) is 1. The van der Waals surface area contributed by atoms with Crippen molar-refractivity contribution < 1.29 is 19.7 Å². The Morgan fingerprint density at radius 3 is 2.41 bits per heavy atom. The topological polar surface area (TPSA) is 87.0 Å². The average molecular weight is 518 g/mol. The van der Waals surface area contributed by atoms with Gasteiger partial charge < -0.3 is 24.8 Å². The number of carbonyl (C=O) groups is 1. The summed E-state index contributed by atoms with van der Waals surface area (Å²) in [7, 11) is 3.82. The lowest BCUT2D eigenvalue weighted by Crippen LogP contribution is -2.58. The predicted octanol–water partition coefficient (Wildman–Crippen LogP) is 5.47. The van der Waals surface area contributed by atoms with E-state index >= 15 is 0 Å². The first-order valence-electron chi connectivity index (χ1n) is 13.8. The highest BCUT2D eigenvalue weighted by atomic mass is 16.5. The number of methoxy groups -OCH3 is 1. The smallest absolute Gasteiger partial charge is 0.408 e. The Balaban J connectivity index is 2.37. The van der Waals surface area contributed by atoms with Crippen LogP contribution < -0.4 is 5.32 Å². The first-order chi connectivity index (χ1) is 17.3. The van der Waals surface area contributed by atoms with E-state index < -0.39 is 23.8 Å². The molecule has 1 aromatic carbocycles. The fourth-order valence-corrected chi connectivity index (χ4v) is 5.31. The van der Waals surface area contributed by atoms with Gasteiger partial charge in [-0.15, -0.1) is 0 Å². The quantitative estimate of drug-likeness (QED) is 0.289. The molecule has 0 bridgehead atoms. The summed E-state index contributed by atoms with van der Waals surface area (Å²) >= 11 is 0. The van der Waals surface area contributed by atoms with Crippen molar-refractivity contribution >= 4 is 17.0 Å². The van der Waals surface area contributed by atoms with Gasteiger partial charge >= 0.3 is 6.09 Å². The zero-order chi connectivity index (χ0) is 27.9. The van der Waals surface area contributed by atoms with Gasteiger partial charge in [-0.25, -0.2) is 4.79 Å². The molecule has 0 aliphatic carbocycles. The minimum atomic E-state index is -0.991. The summed E-state index contributed by atoms with van der Waals surface area (Å²) in [6.07, 6.45) is 3.80. The average Bonchev–Trinajstić information content (AvgIpc) is 3.10. The predicted molar refractivity (Wildman–Crippen MR) is 152 cm³/mol. The molecule has 0 saturated carbocycles. The number of hydrogen-bond donors (Lipinski definition) is 3. The molecule has 3 unspecified atom stereocenters. The minimum absolute atomic E-state index is 0.208. The summed E-state index contributed by atoms with van der Waals surface area (Å²) in [6, 6.07) is 6.39. The first-order valence-corrected chi connectivity index (χ1v) is 13.8. The maximum absolute atomic E-state index is 12.4. The number of carboxylic acid groups (broad SMARTS) is 1. The van der Waals surface area contributed by atoms with Gasteiger partial charge in [0.15, 0.2) is 0 Å². The summed E-state index contributed by atoms with van der Waals surface area (Å²) in [4.78, 5) is 13.9. The molecule has 3 N–H and O–H groups in total. The molecule has 37 heavy (non-hydrogen) atoms. The highest BCUT2D eigenvalue weighted by Crippen LogP contribution is 2.31. The third-order valence-corrected chi connectivity index (χ3v) is 7.36. The van der Waals surface area contributed by atoms with E-state index in [0.29, 0.717) is 18.9 Å². The Morgan fingerprint density at radius 2 is 1.86 bits per heavy atom. The second kappa shape index (κ2) is 13.6. The van der Waals surface area contributed by atoms with E-state index in [1.54, 1.807) is 7.11 Å². The van der Waals surface area contributed by atoms with Crippen LogP contribution in [0.3, 0.4) is 0 Å². The standard InChI is InChI=1S/C30H51N3O4/c1-20(2)24(17-27(28(34)18-31-21(3)4)33(29(35)36)30(5,6)7)15-22-12-13-26-25(16-22)23(19-32(26)8)11-10-14-37-9/h12-13,16,19-21,24,27-28,31,34H,10-11,14-15,17-18H2,1-9H3,(H,35,36). The monoisotopic (exact) mass is 517 g/mol. The van der Waals surface area contributed by atoms with Crippen LogP contribution in [0, 0.1) is 11.8 Å². The van der Waals surface area contributed by atoms with Gasteiger partial charge in [-0.3, -0.25) is 4.90 Å². The lowest BCUT2D eigenvalue weighted by Gasteiger charge is -2.43.